The van der Waals surface area contributed by atoms with Crippen LogP contribution < -0.4 is 10.6 Å². The van der Waals surface area contributed by atoms with Gasteiger partial charge in [-0.1, -0.05) is 6.92 Å². The molecule has 0 aromatic heterocycles. The van der Waals surface area contributed by atoms with Crippen molar-refractivity contribution < 1.29 is 9.53 Å². The van der Waals surface area contributed by atoms with Gasteiger partial charge in [0.1, 0.15) is 0 Å². The lowest BCUT2D eigenvalue weighted by molar-refractivity contribution is -0.121. The third-order valence-corrected chi connectivity index (χ3v) is 3.35. The first-order valence-corrected chi connectivity index (χ1v) is 6.07. The molecule has 16 heavy (non-hydrogen) atoms. The summed E-state index contributed by atoms with van der Waals surface area (Å²) in [5.41, 5.74) is 0.329. The van der Waals surface area contributed by atoms with Crippen LogP contribution in [0.5, 0.6) is 0 Å². The maximum atomic E-state index is 11.2. The Balaban J connectivity index is 2.24. The van der Waals surface area contributed by atoms with Gasteiger partial charge in [0.25, 0.3) is 0 Å². The second-order valence-corrected chi connectivity index (χ2v) is 5.08. The van der Waals surface area contributed by atoms with E-state index in [0.29, 0.717) is 11.8 Å². The molecule has 4 heteroatoms. The average Bonchev–Trinajstić information content (AvgIpc) is 2.27. The van der Waals surface area contributed by atoms with Gasteiger partial charge in [0.2, 0.25) is 5.91 Å². The van der Waals surface area contributed by atoms with E-state index in [1.807, 2.05) is 0 Å². The van der Waals surface area contributed by atoms with Gasteiger partial charge in [-0.15, -0.1) is 0 Å². The Morgan fingerprint density at radius 3 is 2.62 bits per heavy atom. The fourth-order valence-corrected chi connectivity index (χ4v) is 1.91. The predicted octanol–water partition coefficient (Wildman–Crippen LogP) is 0.917. The summed E-state index contributed by atoms with van der Waals surface area (Å²) in [4.78, 5) is 11.2. The Labute approximate surface area is 98.1 Å². The summed E-state index contributed by atoms with van der Waals surface area (Å²) in [7, 11) is 1.68. The lowest BCUT2D eigenvalue weighted by atomic mass is 9.82. The van der Waals surface area contributed by atoms with E-state index in [2.05, 4.69) is 24.5 Å². The van der Waals surface area contributed by atoms with E-state index in [-0.39, 0.29) is 11.9 Å². The number of carbonyl (C=O) groups excluding carboxylic acids is 1. The molecule has 0 saturated carbocycles. The highest BCUT2D eigenvalue weighted by Gasteiger charge is 2.27. The van der Waals surface area contributed by atoms with Gasteiger partial charge in [-0.3, -0.25) is 4.79 Å². The Morgan fingerprint density at radius 2 is 2.06 bits per heavy atom. The smallest absolute Gasteiger partial charge is 0.221 e. The lowest BCUT2D eigenvalue weighted by Crippen LogP contribution is -2.41. The van der Waals surface area contributed by atoms with Crippen molar-refractivity contribution in [1.29, 1.82) is 0 Å². The number of carbonyl (C=O) groups is 1. The van der Waals surface area contributed by atoms with Gasteiger partial charge in [-0.25, -0.2) is 0 Å². The number of nitrogens with one attached hydrogen (secondary N) is 2. The van der Waals surface area contributed by atoms with Crippen molar-refractivity contribution >= 4 is 5.91 Å². The average molecular weight is 228 g/mol. The summed E-state index contributed by atoms with van der Waals surface area (Å²) in [5.74, 6) is 0.0946. The van der Waals surface area contributed by atoms with Gasteiger partial charge in [-0.05, 0) is 25.2 Å². The summed E-state index contributed by atoms with van der Waals surface area (Å²) in [6.07, 6.45) is 2.75. The van der Waals surface area contributed by atoms with Crippen molar-refractivity contribution in [3.8, 4) is 0 Å². The minimum Gasteiger partial charge on any atom is -0.381 e. The molecule has 1 aliphatic heterocycles. The van der Waals surface area contributed by atoms with E-state index in [9.17, 15) is 4.79 Å². The molecule has 1 rings (SSSR count). The molecule has 0 spiro atoms. The topological polar surface area (TPSA) is 50.4 Å². The zero-order chi connectivity index (χ0) is 12.0. The van der Waals surface area contributed by atoms with Crippen molar-refractivity contribution in [2.75, 3.05) is 26.8 Å². The summed E-state index contributed by atoms with van der Waals surface area (Å²) >= 11 is 0. The van der Waals surface area contributed by atoms with E-state index in [1.54, 1.807) is 7.05 Å². The van der Waals surface area contributed by atoms with E-state index in [0.717, 1.165) is 32.6 Å². The molecule has 1 unspecified atom stereocenters. The van der Waals surface area contributed by atoms with Crippen LogP contribution in [0.25, 0.3) is 0 Å². The van der Waals surface area contributed by atoms with Gasteiger partial charge in [0.15, 0.2) is 0 Å². The van der Waals surface area contributed by atoms with Crippen LogP contribution in [-0.4, -0.2) is 38.8 Å². The third kappa shape index (κ3) is 4.49. The van der Waals surface area contributed by atoms with E-state index in [1.165, 1.54) is 0 Å². The molecule has 0 radical (unpaired) electrons. The van der Waals surface area contributed by atoms with Crippen molar-refractivity contribution in [2.45, 2.75) is 39.2 Å². The fourth-order valence-electron chi connectivity index (χ4n) is 1.91. The molecule has 0 aromatic carbocycles. The predicted molar refractivity (Wildman–Crippen MR) is 64.3 cm³/mol. The molecule has 0 aliphatic carbocycles. The van der Waals surface area contributed by atoms with Crippen LogP contribution in [0, 0.1) is 5.41 Å². The van der Waals surface area contributed by atoms with Crippen LogP contribution in [0.2, 0.25) is 0 Å². The van der Waals surface area contributed by atoms with E-state index in [4.69, 9.17) is 4.74 Å². The van der Waals surface area contributed by atoms with Crippen molar-refractivity contribution in [2.24, 2.45) is 5.41 Å². The molecule has 1 saturated heterocycles. The first kappa shape index (κ1) is 13.5. The van der Waals surface area contributed by atoms with Gasteiger partial charge < -0.3 is 15.4 Å². The molecule has 1 atom stereocenters. The van der Waals surface area contributed by atoms with Crippen molar-refractivity contribution in [1.82, 2.24) is 10.6 Å². The first-order valence-electron chi connectivity index (χ1n) is 6.07. The highest BCUT2D eigenvalue weighted by molar-refractivity contribution is 5.76. The Bertz CT molecular complexity index is 225. The van der Waals surface area contributed by atoms with Crippen LogP contribution in [0.4, 0.5) is 0 Å². The normalized spacial score (nSPS) is 21.4. The SMILES string of the molecule is CNC(=O)CC(C)NCC1(C)CCOCC1. The molecule has 0 aromatic rings. The molecular weight excluding hydrogens is 204 g/mol. The number of ether oxygens (including phenoxy) is 1. The second kappa shape index (κ2) is 6.21. The van der Waals surface area contributed by atoms with Crippen molar-refractivity contribution in [3.63, 3.8) is 0 Å². The second-order valence-electron chi connectivity index (χ2n) is 5.08. The molecule has 2 N–H and O–H groups in total. The van der Waals surface area contributed by atoms with Gasteiger partial charge in [0.05, 0.1) is 0 Å². The maximum absolute atomic E-state index is 11.2. The standard InChI is InChI=1S/C12H24N2O2/c1-10(8-11(15)13-3)14-9-12(2)4-6-16-7-5-12/h10,14H,4-9H2,1-3H3,(H,13,15). The number of amides is 1. The fraction of sp³-hybridized carbons (Fsp3) is 0.917. The monoisotopic (exact) mass is 228 g/mol. The van der Waals surface area contributed by atoms with Crippen molar-refractivity contribution in [3.05, 3.63) is 0 Å². The van der Waals surface area contributed by atoms with Gasteiger partial charge in [0, 0.05) is 39.3 Å². The Kier molecular flexibility index (Phi) is 5.22. The molecule has 1 aliphatic rings. The highest BCUT2D eigenvalue weighted by atomic mass is 16.5. The Hall–Kier alpha value is -0.610. The summed E-state index contributed by atoms with van der Waals surface area (Å²) in [5, 5.41) is 6.09. The van der Waals surface area contributed by atoms with Crippen LogP contribution >= 0.6 is 0 Å². The van der Waals surface area contributed by atoms with Gasteiger partial charge in [-0.2, -0.15) is 0 Å². The molecule has 0 bridgehead atoms. The molecule has 1 fully saturated rings. The Morgan fingerprint density at radius 1 is 1.44 bits per heavy atom. The summed E-state index contributed by atoms with van der Waals surface area (Å²) in [6.45, 7) is 7.03. The minimum atomic E-state index is 0.0946. The zero-order valence-electron chi connectivity index (χ0n) is 10.6. The molecule has 1 amide bonds. The molecule has 1 heterocycles. The number of hydrogen-bond acceptors (Lipinski definition) is 3. The first-order chi connectivity index (χ1) is 7.56. The minimum absolute atomic E-state index is 0.0946. The molecule has 4 nitrogen and oxygen atoms in total. The lowest BCUT2D eigenvalue weighted by Gasteiger charge is -2.34. The van der Waals surface area contributed by atoms with Crippen LogP contribution in [0.15, 0.2) is 0 Å². The quantitative estimate of drug-likeness (QED) is 0.735. The highest BCUT2D eigenvalue weighted by Crippen LogP contribution is 2.28. The summed E-state index contributed by atoms with van der Waals surface area (Å²) in [6, 6.07) is 0.236. The van der Waals surface area contributed by atoms with Crippen LogP contribution in [-0.2, 0) is 9.53 Å². The van der Waals surface area contributed by atoms with Crippen LogP contribution in [0.3, 0.4) is 0 Å². The zero-order valence-corrected chi connectivity index (χ0v) is 10.6. The third-order valence-electron chi connectivity index (χ3n) is 3.35. The van der Waals surface area contributed by atoms with E-state index >= 15 is 0 Å². The molecular formula is C12H24N2O2. The van der Waals surface area contributed by atoms with E-state index < -0.39 is 0 Å². The van der Waals surface area contributed by atoms with Gasteiger partial charge >= 0.3 is 0 Å². The number of hydrogen-bond donors (Lipinski definition) is 2. The maximum Gasteiger partial charge on any atom is 0.221 e. The molecule has 94 valence electrons. The number of rotatable bonds is 5. The largest absolute Gasteiger partial charge is 0.381 e. The van der Waals surface area contributed by atoms with Crippen LogP contribution in [0.1, 0.15) is 33.1 Å². The summed E-state index contributed by atoms with van der Waals surface area (Å²) < 4.78 is 5.36.